The first-order valence-corrected chi connectivity index (χ1v) is 17.6. The Morgan fingerprint density at radius 2 is 1.03 bits per heavy atom. The van der Waals surface area contributed by atoms with Crippen LogP contribution >= 0.6 is 7.92 Å². The first kappa shape index (κ1) is 30.9. The maximum Gasteiger partial charge on any atom is -0.0166 e. The predicted molar refractivity (Wildman–Crippen MR) is 163 cm³/mol. The van der Waals surface area contributed by atoms with Gasteiger partial charge in [0.05, 0.1) is 0 Å². The molecule has 0 radical (unpaired) electrons. The van der Waals surface area contributed by atoms with Crippen molar-refractivity contribution in [1.29, 1.82) is 0 Å². The summed E-state index contributed by atoms with van der Waals surface area (Å²) >= 11 is 0. The molecule has 2 atom stereocenters. The van der Waals surface area contributed by atoms with E-state index >= 15 is 0 Å². The van der Waals surface area contributed by atoms with Gasteiger partial charge in [0, 0.05) is 0 Å². The summed E-state index contributed by atoms with van der Waals surface area (Å²) in [6.07, 6.45) is 29.5. The summed E-state index contributed by atoms with van der Waals surface area (Å²) < 4.78 is 0. The number of hydrogen-bond donors (Lipinski definition) is 0. The molecule has 0 aromatic heterocycles. The molecule has 0 amide bonds. The number of benzene rings is 1. The van der Waals surface area contributed by atoms with E-state index in [2.05, 4.69) is 46.8 Å². The second kappa shape index (κ2) is 18.8. The van der Waals surface area contributed by atoms with Crippen LogP contribution in [0, 0.1) is 0 Å². The Balaban J connectivity index is 2.41. The van der Waals surface area contributed by atoms with Gasteiger partial charge in [-0.1, -0.05) is 125 Å². The molecule has 1 fully saturated rings. The van der Waals surface area contributed by atoms with Gasteiger partial charge in [-0.2, -0.15) is 0 Å². The molecule has 0 nitrogen and oxygen atoms in total. The molecule has 2 unspecified atom stereocenters. The average Bonchev–Trinajstić information content (AvgIpc) is 3.27. The largest absolute Gasteiger partial charge is 0.0686 e. The number of unbranched alkanes of at least 4 members (excludes halogenated alkanes) is 9. The summed E-state index contributed by atoms with van der Waals surface area (Å²) in [5, 5.41) is 1.89. The van der Waals surface area contributed by atoms with Gasteiger partial charge in [0.25, 0.3) is 0 Å². The summed E-state index contributed by atoms with van der Waals surface area (Å²) in [6, 6.07) is 5.31. The van der Waals surface area contributed by atoms with Crippen molar-refractivity contribution in [2.75, 3.05) is 0 Å². The summed E-state index contributed by atoms with van der Waals surface area (Å²) in [6.45, 7) is 11.8. The molecule has 1 heteroatoms. The highest BCUT2D eigenvalue weighted by atomic mass is 31.1. The minimum atomic E-state index is -0.00266. The number of rotatable bonds is 20. The van der Waals surface area contributed by atoms with Crippen LogP contribution in [0.15, 0.2) is 12.1 Å². The lowest BCUT2D eigenvalue weighted by molar-refractivity contribution is 0.580. The summed E-state index contributed by atoms with van der Waals surface area (Å²) in [7, 11) is -0.00266. The van der Waals surface area contributed by atoms with Crippen LogP contribution in [0.5, 0.6) is 0 Å². The lowest BCUT2D eigenvalue weighted by Crippen LogP contribution is -2.22. The first-order valence-electron chi connectivity index (χ1n) is 16.1. The Labute approximate surface area is 222 Å². The molecule has 35 heavy (non-hydrogen) atoms. The summed E-state index contributed by atoms with van der Waals surface area (Å²) in [5.74, 6) is 0. The molecule has 0 spiro atoms. The smallest absolute Gasteiger partial charge is 0.0166 e. The van der Waals surface area contributed by atoms with E-state index in [1.165, 1.54) is 135 Å². The Hall–Kier alpha value is -0.350. The van der Waals surface area contributed by atoms with Crippen molar-refractivity contribution >= 4 is 13.2 Å². The second-order valence-electron chi connectivity index (χ2n) is 11.5. The topological polar surface area (TPSA) is 0 Å². The third-order valence-corrected chi connectivity index (χ3v) is 12.1. The molecule has 0 N–H and O–H groups in total. The summed E-state index contributed by atoms with van der Waals surface area (Å²) in [5.41, 5.74) is 7.38. The van der Waals surface area contributed by atoms with E-state index < -0.39 is 0 Å². The molecule has 1 saturated heterocycles. The van der Waals surface area contributed by atoms with Gasteiger partial charge in [0.2, 0.25) is 0 Å². The minimum Gasteiger partial charge on any atom is -0.0686 e. The van der Waals surface area contributed by atoms with Crippen LogP contribution in [0.1, 0.15) is 167 Å². The van der Waals surface area contributed by atoms with Crippen LogP contribution in [0.3, 0.4) is 0 Å². The van der Waals surface area contributed by atoms with Crippen molar-refractivity contribution in [3.8, 4) is 0 Å². The quantitative estimate of drug-likeness (QED) is 0.123. The molecule has 1 aromatic carbocycles. The minimum absolute atomic E-state index is 0.00266. The normalized spacial score (nSPS) is 20.1. The molecule has 202 valence electrons. The Morgan fingerprint density at radius 1 is 0.543 bits per heavy atom. The van der Waals surface area contributed by atoms with Gasteiger partial charge in [-0.25, -0.2) is 0 Å². The van der Waals surface area contributed by atoms with Crippen molar-refractivity contribution in [2.24, 2.45) is 0 Å². The Bertz CT molecular complexity index is 643. The maximum atomic E-state index is 2.69. The fraction of sp³-hybridized carbons (Fsp3) is 0.824. The molecule has 0 aliphatic carbocycles. The number of aryl methyl sites for hydroxylation is 1. The molecule has 1 aliphatic heterocycles. The van der Waals surface area contributed by atoms with E-state index in [-0.39, 0.29) is 7.92 Å². The highest BCUT2D eigenvalue weighted by Gasteiger charge is 2.37. The van der Waals surface area contributed by atoms with E-state index in [0.717, 1.165) is 11.3 Å². The first-order chi connectivity index (χ1) is 17.2. The zero-order valence-corrected chi connectivity index (χ0v) is 25.5. The van der Waals surface area contributed by atoms with Gasteiger partial charge in [0.1, 0.15) is 0 Å². The van der Waals surface area contributed by atoms with Crippen LogP contribution in [0.4, 0.5) is 0 Å². The zero-order valence-electron chi connectivity index (χ0n) is 24.6. The fourth-order valence-electron chi connectivity index (χ4n) is 6.40. The van der Waals surface area contributed by atoms with Crippen LogP contribution in [0.25, 0.3) is 0 Å². The third kappa shape index (κ3) is 10.1. The van der Waals surface area contributed by atoms with Gasteiger partial charge >= 0.3 is 0 Å². The van der Waals surface area contributed by atoms with E-state index in [0.29, 0.717) is 0 Å². The van der Waals surface area contributed by atoms with Crippen LogP contribution in [-0.2, 0) is 19.3 Å². The van der Waals surface area contributed by atoms with Gasteiger partial charge in [-0.3, -0.25) is 0 Å². The van der Waals surface area contributed by atoms with Gasteiger partial charge in [-0.15, -0.1) is 0 Å². The highest BCUT2D eigenvalue weighted by molar-refractivity contribution is 7.67. The van der Waals surface area contributed by atoms with Gasteiger partial charge in [-0.05, 0) is 97.5 Å². The SMILES string of the molecule is CCCCCCC1CCC(CCCCCC)P1c1ccc(CCCC)c(CCCC)c1CCCC. The molecule has 0 saturated carbocycles. The van der Waals surface area contributed by atoms with Crippen molar-refractivity contribution in [1.82, 2.24) is 0 Å². The van der Waals surface area contributed by atoms with Crippen molar-refractivity contribution < 1.29 is 0 Å². The monoisotopic (exact) mass is 500 g/mol. The lowest BCUT2D eigenvalue weighted by Gasteiger charge is -2.31. The fourth-order valence-corrected chi connectivity index (χ4v) is 10.4. The number of hydrogen-bond acceptors (Lipinski definition) is 0. The van der Waals surface area contributed by atoms with Crippen molar-refractivity contribution in [3.63, 3.8) is 0 Å². The van der Waals surface area contributed by atoms with Crippen molar-refractivity contribution in [3.05, 3.63) is 28.8 Å². The standard InChI is InChI=1S/C34H61P/c1-6-11-16-18-21-30-26-27-31(22-19-17-12-7-2)35(30)34-28-25-29(20-13-8-3)32(23-14-9-4)33(34)24-15-10-5/h25,28,30-31H,6-24,26-27H2,1-5H3. The molecule has 0 bridgehead atoms. The highest BCUT2D eigenvalue weighted by Crippen LogP contribution is 2.58. The molecule has 1 aliphatic rings. The third-order valence-electron chi connectivity index (χ3n) is 8.54. The lowest BCUT2D eigenvalue weighted by atomic mass is 9.91. The van der Waals surface area contributed by atoms with Crippen LogP contribution < -0.4 is 5.30 Å². The molecular weight excluding hydrogens is 439 g/mol. The summed E-state index contributed by atoms with van der Waals surface area (Å²) in [4.78, 5) is 0. The molecule has 1 heterocycles. The van der Waals surface area contributed by atoms with E-state index in [1.54, 1.807) is 5.56 Å². The molecular formula is C34H61P. The molecule has 1 aromatic rings. The second-order valence-corrected chi connectivity index (χ2v) is 14.3. The zero-order chi connectivity index (χ0) is 25.3. The van der Waals surface area contributed by atoms with E-state index in [9.17, 15) is 0 Å². The van der Waals surface area contributed by atoms with E-state index in [4.69, 9.17) is 0 Å². The maximum absolute atomic E-state index is 2.69. The van der Waals surface area contributed by atoms with Crippen LogP contribution in [0.2, 0.25) is 0 Å². The Morgan fingerprint density at radius 3 is 1.54 bits per heavy atom. The Kier molecular flexibility index (Phi) is 16.6. The van der Waals surface area contributed by atoms with Crippen LogP contribution in [-0.4, -0.2) is 11.3 Å². The van der Waals surface area contributed by atoms with Gasteiger partial charge in [0.15, 0.2) is 0 Å². The average molecular weight is 501 g/mol. The molecule has 2 rings (SSSR count). The van der Waals surface area contributed by atoms with Crippen molar-refractivity contribution in [2.45, 2.75) is 181 Å². The van der Waals surface area contributed by atoms with Gasteiger partial charge < -0.3 is 0 Å². The predicted octanol–water partition coefficient (Wildman–Crippen LogP) is 11.3. The van der Waals surface area contributed by atoms with E-state index in [1.807, 2.05) is 16.4 Å².